The first-order valence-electron chi connectivity index (χ1n) is 8.50. The Balaban J connectivity index is 5.16. The van der Waals surface area contributed by atoms with Crippen molar-refractivity contribution in [2.75, 3.05) is 7.11 Å². The molecule has 0 aromatic carbocycles. The smallest absolute Gasteiger partial charge is 0.408 e. The molecule has 9 nitrogen and oxygen atoms in total. The largest absolute Gasteiger partial charge is 0.481 e. The molecule has 0 saturated heterocycles. The summed E-state index contributed by atoms with van der Waals surface area (Å²) in [4.78, 5) is 47.1. The molecule has 0 fully saturated rings. The monoisotopic (exact) mass is 374 g/mol. The van der Waals surface area contributed by atoms with Crippen molar-refractivity contribution >= 4 is 23.9 Å². The lowest BCUT2D eigenvalue weighted by Gasteiger charge is -2.27. The van der Waals surface area contributed by atoms with Gasteiger partial charge in [-0.3, -0.25) is 9.59 Å². The third kappa shape index (κ3) is 9.24. The highest BCUT2D eigenvalue weighted by Crippen LogP contribution is 2.12. The molecule has 0 aromatic rings. The summed E-state index contributed by atoms with van der Waals surface area (Å²) < 4.78 is 9.77. The van der Waals surface area contributed by atoms with E-state index >= 15 is 0 Å². The topological polar surface area (TPSA) is 131 Å². The van der Waals surface area contributed by atoms with Crippen molar-refractivity contribution in [2.24, 2.45) is 5.92 Å². The van der Waals surface area contributed by atoms with Crippen LogP contribution in [-0.2, 0) is 23.9 Å². The van der Waals surface area contributed by atoms with E-state index < -0.39 is 41.6 Å². The lowest BCUT2D eigenvalue weighted by atomic mass is 9.98. The summed E-state index contributed by atoms with van der Waals surface area (Å²) in [5.74, 6) is -2.69. The molecule has 26 heavy (non-hydrogen) atoms. The molecule has 0 aliphatic carbocycles. The number of nitrogens with one attached hydrogen (secondary N) is 2. The maximum atomic E-state index is 12.6. The Labute approximate surface area is 153 Å². The molecule has 0 rings (SSSR count). The Morgan fingerprint density at radius 2 is 1.69 bits per heavy atom. The molecule has 3 N–H and O–H groups in total. The molecule has 150 valence electrons. The number of ether oxygens (including phenoxy) is 2. The van der Waals surface area contributed by atoms with Crippen LogP contribution in [0.3, 0.4) is 0 Å². The molecule has 2 amide bonds. The fourth-order valence-electron chi connectivity index (χ4n) is 2.06. The van der Waals surface area contributed by atoms with Gasteiger partial charge in [0, 0.05) is 6.42 Å². The summed E-state index contributed by atoms with van der Waals surface area (Å²) in [7, 11) is 1.15. The lowest BCUT2D eigenvalue weighted by Crippen LogP contribution is -2.54. The number of aliphatic carboxylic acids is 1. The van der Waals surface area contributed by atoms with E-state index in [1.165, 1.54) is 0 Å². The Bertz CT molecular complexity index is 514. The average Bonchev–Trinajstić information content (AvgIpc) is 2.52. The normalized spacial score (nSPS) is 14.5. The Hall–Kier alpha value is -2.32. The number of esters is 1. The first-order valence-corrected chi connectivity index (χ1v) is 8.50. The van der Waals surface area contributed by atoms with Crippen molar-refractivity contribution < 1.29 is 33.8 Å². The predicted molar refractivity (Wildman–Crippen MR) is 93.4 cm³/mol. The highest BCUT2D eigenvalue weighted by molar-refractivity contribution is 5.90. The van der Waals surface area contributed by atoms with E-state index in [4.69, 9.17) is 9.84 Å². The Kier molecular flexibility index (Phi) is 9.67. The summed E-state index contributed by atoms with van der Waals surface area (Å²) >= 11 is 0. The molecule has 0 aliphatic rings. The number of carbonyl (C=O) groups excluding carboxylic acids is 3. The van der Waals surface area contributed by atoms with Crippen molar-refractivity contribution in [1.82, 2.24) is 10.6 Å². The van der Waals surface area contributed by atoms with Gasteiger partial charge in [0.1, 0.15) is 17.7 Å². The maximum Gasteiger partial charge on any atom is 0.408 e. The number of rotatable bonds is 9. The van der Waals surface area contributed by atoms with E-state index in [1.54, 1.807) is 27.7 Å². The van der Waals surface area contributed by atoms with Crippen LogP contribution < -0.4 is 10.6 Å². The van der Waals surface area contributed by atoms with Gasteiger partial charge in [-0.15, -0.1) is 0 Å². The number of alkyl carbamates (subject to hydrolysis) is 1. The molecule has 0 aliphatic heterocycles. The summed E-state index contributed by atoms with van der Waals surface area (Å²) in [6, 6.07) is -2.05. The van der Waals surface area contributed by atoms with Crippen LogP contribution in [0.15, 0.2) is 0 Å². The van der Waals surface area contributed by atoms with Crippen molar-refractivity contribution in [1.29, 1.82) is 0 Å². The first-order chi connectivity index (χ1) is 11.9. The van der Waals surface area contributed by atoms with Crippen LogP contribution in [0.2, 0.25) is 0 Å². The number of hydrogen-bond donors (Lipinski definition) is 3. The fraction of sp³-hybridized carbons (Fsp3) is 0.765. The zero-order valence-corrected chi connectivity index (χ0v) is 16.3. The van der Waals surface area contributed by atoms with Crippen LogP contribution in [0.5, 0.6) is 0 Å². The standard InChI is InChI=1S/C17H30N2O7/c1-7-10(2)13(19-16(24)26-17(3,4)5)14(22)18-11(15(23)25-6)8-9-12(20)21/h10-11,13H,7-9H2,1-6H3,(H,18,22)(H,19,24)(H,20,21)/t10?,11-,13+/m1/s1. The SMILES string of the molecule is CCC(C)[C@H](NC(=O)OC(C)(C)C)C(=O)N[C@H](CCC(=O)O)C(=O)OC. The van der Waals surface area contributed by atoms with E-state index in [0.717, 1.165) is 7.11 Å². The molecule has 0 radical (unpaired) electrons. The summed E-state index contributed by atoms with van der Waals surface area (Å²) in [6.07, 6.45) is -0.592. The molecule has 0 spiro atoms. The number of carboxylic acids is 1. The number of methoxy groups -OCH3 is 1. The van der Waals surface area contributed by atoms with Crippen LogP contribution in [0, 0.1) is 5.92 Å². The van der Waals surface area contributed by atoms with Crippen molar-refractivity contribution in [3.05, 3.63) is 0 Å². The second-order valence-electron chi connectivity index (χ2n) is 7.03. The molecule has 3 atom stereocenters. The Morgan fingerprint density at radius 3 is 2.12 bits per heavy atom. The second kappa shape index (κ2) is 10.6. The molecule has 9 heteroatoms. The molecule has 0 bridgehead atoms. The van der Waals surface area contributed by atoms with Gasteiger partial charge in [-0.25, -0.2) is 9.59 Å². The first kappa shape index (κ1) is 23.7. The quantitative estimate of drug-likeness (QED) is 0.521. The molecule has 0 heterocycles. The van der Waals surface area contributed by atoms with Gasteiger partial charge in [0.05, 0.1) is 7.11 Å². The fourth-order valence-corrected chi connectivity index (χ4v) is 2.06. The van der Waals surface area contributed by atoms with Crippen molar-refractivity contribution in [2.45, 2.75) is 71.6 Å². The van der Waals surface area contributed by atoms with Crippen LogP contribution in [0.1, 0.15) is 53.9 Å². The summed E-state index contributed by atoms with van der Waals surface area (Å²) in [5, 5.41) is 13.7. The van der Waals surface area contributed by atoms with Gasteiger partial charge in [0.15, 0.2) is 0 Å². The number of carbonyl (C=O) groups is 4. The minimum absolute atomic E-state index is 0.118. The van der Waals surface area contributed by atoms with Gasteiger partial charge in [0.2, 0.25) is 5.91 Å². The van der Waals surface area contributed by atoms with Gasteiger partial charge in [-0.05, 0) is 33.1 Å². The van der Waals surface area contributed by atoms with E-state index in [0.29, 0.717) is 6.42 Å². The van der Waals surface area contributed by atoms with Crippen molar-refractivity contribution in [3.63, 3.8) is 0 Å². The molecule has 0 saturated carbocycles. The zero-order chi connectivity index (χ0) is 20.5. The maximum absolute atomic E-state index is 12.6. The van der Waals surface area contributed by atoms with E-state index in [1.807, 2.05) is 6.92 Å². The van der Waals surface area contributed by atoms with Gasteiger partial charge in [-0.1, -0.05) is 20.3 Å². The van der Waals surface area contributed by atoms with Gasteiger partial charge >= 0.3 is 18.0 Å². The third-order valence-corrected chi connectivity index (χ3v) is 3.62. The van der Waals surface area contributed by atoms with Gasteiger partial charge in [0.25, 0.3) is 0 Å². The summed E-state index contributed by atoms with van der Waals surface area (Å²) in [5.41, 5.74) is -0.726. The molecular weight excluding hydrogens is 344 g/mol. The van der Waals surface area contributed by atoms with Crippen LogP contribution in [0.4, 0.5) is 4.79 Å². The minimum Gasteiger partial charge on any atom is -0.481 e. The average molecular weight is 374 g/mol. The highest BCUT2D eigenvalue weighted by Gasteiger charge is 2.31. The number of amides is 2. The van der Waals surface area contributed by atoms with Crippen molar-refractivity contribution in [3.8, 4) is 0 Å². The zero-order valence-electron chi connectivity index (χ0n) is 16.3. The lowest BCUT2D eigenvalue weighted by molar-refractivity contribution is -0.146. The van der Waals surface area contributed by atoms with E-state index in [-0.39, 0.29) is 18.8 Å². The molecule has 0 aromatic heterocycles. The van der Waals surface area contributed by atoms with Crippen LogP contribution >= 0.6 is 0 Å². The number of carboxylic acid groups (broad SMARTS) is 1. The van der Waals surface area contributed by atoms with E-state index in [9.17, 15) is 19.2 Å². The minimum atomic E-state index is -1.12. The molecule has 1 unspecified atom stereocenters. The highest BCUT2D eigenvalue weighted by atomic mass is 16.6. The second-order valence-corrected chi connectivity index (χ2v) is 7.03. The molecular formula is C17H30N2O7. The summed E-state index contributed by atoms with van der Waals surface area (Å²) in [6.45, 7) is 8.72. The van der Waals surface area contributed by atoms with E-state index in [2.05, 4.69) is 15.4 Å². The third-order valence-electron chi connectivity index (χ3n) is 3.62. The number of hydrogen-bond acceptors (Lipinski definition) is 6. The Morgan fingerprint density at radius 1 is 1.12 bits per heavy atom. The predicted octanol–water partition coefficient (Wildman–Crippen LogP) is 1.45. The van der Waals surface area contributed by atoms with Crippen LogP contribution in [0.25, 0.3) is 0 Å². The van der Waals surface area contributed by atoms with Gasteiger partial charge in [-0.2, -0.15) is 0 Å². The van der Waals surface area contributed by atoms with Crippen LogP contribution in [-0.4, -0.2) is 53.8 Å². The van der Waals surface area contributed by atoms with Gasteiger partial charge < -0.3 is 25.2 Å².